The van der Waals surface area contributed by atoms with Crippen molar-refractivity contribution in [2.24, 2.45) is 0 Å². The van der Waals surface area contributed by atoms with Crippen LogP contribution in [0.4, 0.5) is 11.4 Å². The van der Waals surface area contributed by atoms with Crippen molar-refractivity contribution in [2.75, 3.05) is 11.9 Å². The van der Waals surface area contributed by atoms with Crippen LogP contribution in [0.25, 0.3) is 0 Å². The first-order chi connectivity index (χ1) is 11.5. The highest BCUT2D eigenvalue weighted by Crippen LogP contribution is 2.24. The zero-order valence-electron chi connectivity index (χ0n) is 12.4. The van der Waals surface area contributed by atoms with E-state index in [2.05, 4.69) is 10.6 Å². The summed E-state index contributed by atoms with van der Waals surface area (Å²) in [5.41, 5.74) is 1.66. The van der Waals surface area contributed by atoms with Crippen molar-refractivity contribution in [1.29, 1.82) is 0 Å². The number of amides is 2. The van der Waals surface area contributed by atoms with Crippen LogP contribution in [-0.4, -0.2) is 23.3 Å². The molecule has 0 saturated heterocycles. The molecule has 0 aliphatic carbocycles. The van der Waals surface area contributed by atoms with Gasteiger partial charge in [-0.1, -0.05) is 12.1 Å². The summed E-state index contributed by atoms with van der Waals surface area (Å²) in [6.07, 6.45) is 0. The van der Waals surface area contributed by atoms with Crippen LogP contribution in [0.15, 0.2) is 42.5 Å². The Bertz CT molecular complexity index is 817. The number of benzene rings is 2. The van der Waals surface area contributed by atoms with Crippen LogP contribution in [0.2, 0.25) is 0 Å². The number of fused-ring (bicyclic) bond motifs is 1. The van der Waals surface area contributed by atoms with Gasteiger partial charge in [-0.05, 0) is 23.8 Å². The molecule has 122 valence electrons. The Morgan fingerprint density at radius 3 is 2.71 bits per heavy atom. The summed E-state index contributed by atoms with van der Waals surface area (Å²) in [5.74, 6) is -0.314. The number of non-ortho nitro benzene ring substituents is 1. The molecule has 0 spiro atoms. The van der Waals surface area contributed by atoms with Crippen LogP contribution in [0, 0.1) is 10.1 Å². The summed E-state index contributed by atoms with van der Waals surface area (Å²) >= 11 is 0. The lowest BCUT2D eigenvalue weighted by atomic mass is 10.1. The SMILES string of the molecule is O=C(COc1ccc([N+](=O)[O-])cc1)Nc1cccc2c1C(=O)NC2. The number of rotatable bonds is 5. The Hall–Kier alpha value is -3.42. The minimum absolute atomic E-state index is 0.0577. The molecule has 24 heavy (non-hydrogen) atoms. The van der Waals surface area contributed by atoms with E-state index in [9.17, 15) is 19.7 Å². The van der Waals surface area contributed by atoms with Crippen LogP contribution in [0.1, 0.15) is 15.9 Å². The van der Waals surface area contributed by atoms with E-state index in [0.717, 1.165) is 5.56 Å². The Balaban J connectivity index is 1.62. The van der Waals surface area contributed by atoms with Gasteiger partial charge in [-0.3, -0.25) is 19.7 Å². The molecule has 0 atom stereocenters. The van der Waals surface area contributed by atoms with Gasteiger partial charge in [0, 0.05) is 18.7 Å². The average Bonchev–Trinajstić information content (AvgIpc) is 2.96. The molecule has 0 radical (unpaired) electrons. The van der Waals surface area contributed by atoms with Crippen molar-refractivity contribution in [1.82, 2.24) is 5.32 Å². The molecule has 0 unspecified atom stereocenters. The second-order valence-corrected chi connectivity index (χ2v) is 5.11. The molecule has 2 N–H and O–H groups in total. The molecule has 0 saturated carbocycles. The topological polar surface area (TPSA) is 111 Å². The van der Waals surface area contributed by atoms with E-state index in [4.69, 9.17) is 4.74 Å². The Morgan fingerprint density at radius 1 is 1.25 bits per heavy atom. The zero-order chi connectivity index (χ0) is 17.1. The predicted octanol–water partition coefficient (Wildman–Crippen LogP) is 1.86. The minimum atomic E-state index is -0.516. The van der Waals surface area contributed by atoms with Crippen LogP contribution >= 0.6 is 0 Å². The average molecular weight is 327 g/mol. The van der Waals surface area contributed by atoms with Gasteiger partial charge in [-0.25, -0.2) is 0 Å². The molecule has 2 aromatic carbocycles. The highest BCUT2D eigenvalue weighted by molar-refractivity contribution is 6.06. The molecular formula is C16H13N3O5. The van der Waals surface area contributed by atoms with Crippen LogP contribution in [0.3, 0.4) is 0 Å². The molecule has 1 aliphatic heterocycles. The normalized spacial score (nSPS) is 12.2. The minimum Gasteiger partial charge on any atom is -0.484 e. The summed E-state index contributed by atoms with van der Waals surface area (Å²) in [5, 5.41) is 15.9. The van der Waals surface area contributed by atoms with Crippen molar-refractivity contribution < 1.29 is 19.2 Å². The van der Waals surface area contributed by atoms with E-state index in [1.54, 1.807) is 12.1 Å². The molecule has 3 rings (SSSR count). The highest BCUT2D eigenvalue weighted by Gasteiger charge is 2.23. The summed E-state index contributed by atoms with van der Waals surface area (Å²) in [6.45, 7) is 0.167. The molecule has 8 nitrogen and oxygen atoms in total. The van der Waals surface area contributed by atoms with Crippen LogP contribution in [0.5, 0.6) is 5.75 Å². The lowest BCUT2D eigenvalue weighted by molar-refractivity contribution is -0.384. The van der Waals surface area contributed by atoms with Gasteiger partial charge in [0.15, 0.2) is 6.61 Å². The quantitative estimate of drug-likeness (QED) is 0.643. The number of hydrogen-bond acceptors (Lipinski definition) is 5. The van der Waals surface area contributed by atoms with Gasteiger partial charge in [0.2, 0.25) is 0 Å². The number of ether oxygens (including phenoxy) is 1. The number of hydrogen-bond donors (Lipinski definition) is 2. The number of nitrogens with zero attached hydrogens (tertiary/aromatic N) is 1. The first-order valence-electron chi connectivity index (χ1n) is 7.12. The number of nitrogens with one attached hydrogen (secondary N) is 2. The largest absolute Gasteiger partial charge is 0.484 e. The maximum Gasteiger partial charge on any atom is 0.269 e. The van der Waals surface area contributed by atoms with E-state index >= 15 is 0 Å². The van der Waals surface area contributed by atoms with Crippen molar-refractivity contribution >= 4 is 23.2 Å². The van der Waals surface area contributed by atoms with E-state index < -0.39 is 10.8 Å². The summed E-state index contributed by atoms with van der Waals surface area (Å²) in [7, 11) is 0. The van der Waals surface area contributed by atoms with Crippen molar-refractivity contribution in [3.05, 3.63) is 63.7 Å². The molecule has 1 heterocycles. The Labute approximate surface area is 136 Å². The van der Waals surface area contributed by atoms with Crippen molar-refractivity contribution in [2.45, 2.75) is 6.54 Å². The van der Waals surface area contributed by atoms with Gasteiger partial charge < -0.3 is 15.4 Å². The number of nitro benzene ring substituents is 1. The maximum atomic E-state index is 12.0. The van der Waals surface area contributed by atoms with Crippen LogP contribution in [-0.2, 0) is 11.3 Å². The Kier molecular flexibility index (Phi) is 4.11. The van der Waals surface area contributed by atoms with Gasteiger partial charge in [0.25, 0.3) is 17.5 Å². The monoisotopic (exact) mass is 327 g/mol. The molecule has 0 aromatic heterocycles. The van der Waals surface area contributed by atoms with Crippen molar-refractivity contribution in [3.63, 3.8) is 0 Å². The lowest BCUT2D eigenvalue weighted by Gasteiger charge is -2.10. The number of carbonyl (C=O) groups is 2. The Morgan fingerprint density at radius 2 is 2.00 bits per heavy atom. The summed E-state index contributed by atoms with van der Waals surface area (Å²) < 4.78 is 5.29. The fraction of sp³-hybridized carbons (Fsp3) is 0.125. The van der Waals surface area contributed by atoms with Gasteiger partial charge in [0.1, 0.15) is 5.75 Å². The van der Waals surface area contributed by atoms with E-state index in [-0.39, 0.29) is 18.2 Å². The summed E-state index contributed by atoms with van der Waals surface area (Å²) in [4.78, 5) is 33.8. The highest BCUT2D eigenvalue weighted by atomic mass is 16.6. The summed E-state index contributed by atoms with van der Waals surface area (Å²) in [6, 6.07) is 10.6. The van der Waals surface area contributed by atoms with E-state index in [1.807, 2.05) is 6.07 Å². The van der Waals surface area contributed by atoms with Gasteiger partial charge in [0.05, 0.1) is 16.2 Å². The van der Waals surface area contributed by atoms with Gasteiger partial charge in [-0.15, -0.1) is 0 Å². The molecule has 1 aliphatic rings. The molecule has 8 heteroatoms. The van der Waals surface area contributed by atoms with Crippen molar-refractivity contribution in [3.8, 4) is 5.75 Å². The second kappa shape index (κ2) is 6.37. The first kappa shape index (κ1) is 15.5. The second-order valence-electron chi connectivity index (χ2n) is 5.11. The third-order valence-corrected chi connectivity index (χ3v) is 3.51. The predicted molar refractivity (Wildman–Crippen MR) is 84.8 cm³/mol. The van der Waals surface area contributed by atoms with E-state index in [1.165, 1.54) is 24.3 Å². The molecule has 0 fully saturated rings. The molecule has 0 bridgehead atoms. The maximum absolute atomic E-state index is 12.0. The fourth-order valence-electron chi connectivity index (χ4n) is 2.38. The zero-order valence-corrected chi connectivity index (χ0v) is 12.4. The molecular weight excluding hydrogens is 314 g/mol. The third kappa shape index (κ3) is 3.17. The van der Waals surface area contributed by atoms with E-state index in [0.29, 0.717) is 23.5 Å². The lowest BCUT2D eigenvalue weighted by Crippen LogP contribution is -2.22. The first-order valence-corrected chi connectivity index (χ1v) is 7.12. The third-order valence-electron chi connectivity index (χ3n) is 3.51. The number of anilines is 1. The fourth-order valence-corrected chi connectivity index (χ4v) is 2.38. The standard InChI is InChI=1S/C16H13N3O5/c20-14(9-24-12-6-4-11(5-7-12)19(22)23)18-13-3-1-2-10-8-17-16(21)15(10)13/h1-7H,8-9H2,(H,17,21)(H,18,20). The van der Waals surface area contributed by atoms with Gasteiger partial charge >= 0.3 is 0 Å². The molecule has 2 amide bonds. The van der Waals surface area contributed by atoms with Crippen LogP contribution < -0.4 is 15.4 Å². The molecule has 2 aromatic rings. The van der Waals surface area contributed by atoms with Gasteiger partial charge in [-0.2, -0.15) is 0 Å². The smallest absolute Gasteiger partial charge is 0.269 e. The number of nitro groups is 1. The number of carbonyl (C=O) groups excluding carboxylic acids is 2.